The van der Waals surface area contributed by atoms with Gasteiger partial charge in [-0.1, -0.05) is 90.5 Å². The molecular weight excluding hydrogens is 410 g/mol. The van der Waals surface area contributed by atoms with E-state index in [9.17, 15) is 4.79 Å². The van der Waals surface area contributed by atoms with Gasteiger partial charge in [0.15, 0.2) is 5.82 Å². The van der Waals surface area contributed by atoms with Crippen LogP contribution in [0.4, 0.5) is 0 Å². The van der Waals surface area contributed by atoms with Crippen LogP contribution in [0.15, 0.2) is 95.8 Å². The lowest BCUT2D eigenvalue weighted by Crippen LogP contribution is -2.25. The van der Waals surface area contributed by atoms with Crippen LogP contribution in [-0.2, 0) is 19.6 Å². The number of hydrogen-bond acceptors (Lipinski definition) is 4. The summed E-state index contributed by atoms with van der Waals surface area (Å²) in [5.74, 6) is 1.01. The highest BCUT2D eigenvalue weighted by Gasteiger charge is 2.13. The largest absolute Gasteiger partial charge is 0.289 e. The number of rotatable bonds is 7. The predicted molar refractivity (Wildman–Crippen MR) is 130 cm³/mol. The zero-order valence-electron chi connectivity index (χ0n) is 18.5. The Kier molecular flexibility index (Phi) is 5.83. The van der Waals surface area contributed by atoms with E-state index >= 15 is 0 Å². The molecule has 0 saturated carbocycles. The van der Waals surface area contributed by atoms with Crippen LogP contribution in [0.3, 0.4) is 0 Å². The van der Waals surface area contributed by atoms with Gasteiger partial charge < -0.3 is 0 Å². The lowest BCUT2D eigenvalue weighted by Gasteiger charge is -2.22. The van der Waals surface area contributed by atoms with E-state index in [4.69, 9.17) is 4.98 Å². The topological polar surface area (TPSA) is 66.3 Å². The second kappa shape index (κ2) is 9.22. The molecule has 0 saturated heterocycles. The molecule has 2 heterocycles. The standard InChI is InChI=1S/C27H25N5O/c1-20-12-14-23(15-13-20)26-29-27-28-24(16-25(33)32(27)30-26)19-31(17-21-8-4-2-5-9-21)18-22-10-6-3-7-11-22/h2-16H,17-19H2,1H3,(H,28,29,30). The van der Waals surface area contributed by atoms with Crippen molar-refractivity contribution in [3.8, 4) is 11.4 Å². The number of benzene rings is 3. The number of fused-ring (bicyclic) bond motifs is 1. The maximum Gasteiger partial charge on any atom is 0.274 e. The fraction of sp³-hybridized carbons (Fsp3) is 0.148. The minimum Gasteiger partial charge on any atom is -0.289 e. The molecule has 0 fully saturated rings. The molecule has 3 aromatic carbocycles. The van der Waals surface area contributed by atoms with Crippen molar-refractivity contribution in [3.05, 3.63) is 124 Å². The molecule has 6 nitrogen and oxygen atoms in total. The number of H-pyrrole nitrogens is 1. The highest BCUT2D eigenvalue weighted by Crippen LogP contribution is 2.17. The van der Waals surface area contributed by atoms with Crippen LogP contribution >= 0.6 is 0 Å². The zero-order chi connectivity index (χ0) is 22.6. The van der Waals surface area contributed by atoms with E-state index in [0.29, 0.717) is 23.8 Å². The molecule has 5 aromatic rings. The van der Waals surface area contributed by atoms with E-state index < -0.39 is 0 Å². The zero-order valence-corrected chi connectivity index (χ0v) is 18.5. The summed E-state index contributed by atoms with van der Waals surface area (Å²) in [4.78, 5) is 24.4. The number of hydrogen-bond donors (Lipinski definition) is 1. The molecule has 0 atom stereocenters. The van der Waals surface area contributed by atoms with Gasteiger partial charge in [0.2, 0.25) is 0 Å². The fourth-order valence-electron chi connectivity index (χ4n) is 3.93. The van der Waals surface area contributed by atoms with Gasteiger partial charge in [-0.3, -0.25) is 14.8 Å². The van der Waals surface area contributed by atoms with Gasteiger partial charge >= 0.3 is 0 Å². The van der Waals surface area contributed by atoms with Crippen LogP contribution < -0.4 is 5.56 Å². The van der Waals surface area contributed by atoms with Gasteiger partial charge in [-0.25, -0.2) is 4.98 Å². The van der Waals surface area contributed by atoms with Gasteiger partial charge in [-0.05, 0) is 18.1 Å². The summed E-state index contributed by atoms with van der Waals surface area (Å²) in [6.07, 6.45) is 0. The average Bonchev–Trinajstić information content (AvgIpc) is 3.26. The molecule has 0 bridgehead atoms. The van der Waals surface area contributed by atoms with Gasteiger partial charge in [0.05, 0.1) is 5.69 Å². The lowest BCUT2D eigenvalue weighted by molar-refractivity contribution is 0.244. The van der Waals surface area contributed by atoms with E-state index in [2.05, 4.69) is 39.2 Å². The number of aromatic amines is 1. The van der Waals surface area contributed by atoms with Crippen molar-refractivity contribution in [2.75, 3.05) is 0 Å². The lowest BCUT2D eigenvalue weighted by atomic mass is 10.1. The molecule has 0 aliphatic heterocycles. The second-order valence-electron chi connectivity index (χ2n) is 8.28. The number of aryl methyl sites for hydroxylation is 1. The second-order valence-corrected chi connectivity index (χ2v) is 8.28. The molecule has 0 aliphatic rings. The number of aromatic nitrogens is 4. The first-order valence-corrected chi connectivity index (χ1v) is 11.0. The molecule has 0 radical (unpaired) electrons. The van der Waals surface area contributed by atoms with Gasteiger partial charge in [0.1, 0.15) is 0 Å². The Bertz CT molecular complexity index is 1360. The third-order valence-electron chi connectivity index (χ3n) is 5.59. The summed E-state index contributed by atoms with van der Waals surface area (Å²) in [7, 11) is 0. The van der Waals surface area contributed by atoms with Gasteiger partial charge in [-0.15, -0.1) is 0 Å². The third kappa shape index (κ3) is 4.91. The van der Waals surface area contributed by atoms with Crippen LogP contribution in [-0.4, -0.2) is 24.5 Å². The predicted octanol–water partition coefficient (Wildman–Crippen LogP) is 4.60. The monoisotopic (exact) mass is 435 g/mol. The highest BCUT2D eigenvalue weighted by atomic mass is 16.1. The maximum atomic E-state index is 12.8. The molecule has 2 aromatic heterocycles. The van der Waals surface area contributed by atoms with Crippen LogP contribution in [0.1, 0.15) is 22.4 Å². The summed E-state index contributed by atoms with van der Waals surface area (Å²) < 4.78 is 1.40. The van der Waals surface area contributed by atoms with Crippen LogP contribution in [0, 0.1) is 6.92 Å². The molecule has 0 amide bonds. The molecule has 5 rings (SSSR count). The Morgan fingerprint density at radius 2 is 1.39 bits per heavy atom. The average molecular weight is 436 g/mol. The molecule has 0 spiro atoms. The quantitative estimate of drug-likeness (QED) is 0.406. The number of nitrogens with zero attached hydrogens (tertiary/aromatic N) is 4. The molecule has 164 valence electrons. The van der Waals surface area contributed by atoms with E-state index in [0.717, 1.165) is 18.7 Å². The van der Waals surface area contributed by atoms with E-state index in [1.54, 1.807) is 6.07 Å². The summed E-state index contributed by atoms with van der Waals surface area (Å²) in [5.41, 5.74) is 5.06. The highest BCUT2D eigenvalue weighted by molar-refractivity contribution is 5.57. The SMILES string of the molecule is Cc1ccc(-c2nc3nc(CN(Cc4ccccc4)Cc4ccccc4)cc(=O)n3[nH]2)cc1. The van der Waals surface area contributed by atoms with Gasteiger partial charge in [0.25, 0.3) is 11.3 Å². The van der Waals surface area contributed by atoms with Crippen LogP contribution in [0.25, 0.3) is 17.2 Å². The molecule has 0 unspecified atom stereocenters. The molecule has 1 N–H and O–H groups in total. The van der Waals surface area contributed by atoms with Crippen molar-refractivity contribution >= 4 is 5.78 Å². The van der Waals surface area contributed by atoms with Crippen LogP contribution in [0.2, 0.25) is 0 Å². The Labute approximate surface area is 192 Å². The van der Waals surface area contributed by atoms with Crippen molar-refractivity contribution in [1.82, 2.24) is 24.5 Å². The van der Waals surface area contributed by atoms with E-state index in [1.165, 1.54) is 21.2 Å². The van der Waals surface area contributed by atoms with Crippen molar-refractivity contribution in [2.45, 2.75) is 26.6 Å². The Balaban J connectivity index is 1.45. The summed E-state index contributed by atoms with van der Waals surface area (Å²) >= 11 is 0. The Morgan fingerprint density at radius 1 is 0.788 bits per heavy atom. The molecule has 6 heteroatoms. The maximum absolute atomic E-state index is 12.8. The van der Waals surface area contributed by atoms with Crippen molar-refractivity contribution < 1.29 is 0 Å². The Morgan fingerprint density at radius 3 is 2.00 bits per heavy atom. The first-order chi connectivity index (χ1) is 16.1. The Hall–Kier alpha value is -4.03. The van der Waals surface area contributed by atoms with Crippen molar-refractivity contribution in [3.63, 3.8) is 0 Å². The first-order valence-electron chi connectivity index (χ1n) is 11.0. The summed E-state index contributed by atoms with van der Waals surface area (Å²) in [6.45, 7) is 4.09. The fourth-order valence-corrected chi connectivity index (χ4v) is 3.93. The van der Waals surface area contributed by atoms with Crippen molar-refractivity contribution in [1.29, 1.82) is 0 Å². The summed E-state index contributed by atoms with van der Waals surface area (Å²) in [5, 5.41) is 3.08. The van der Waals surface area contributed by atoms with Gasteiger partial charge in [-0.2, -0.15) is 9.50 Å². The number of nitrogens with one attached hydrogen (secondary N) is 1. The summed E-state index contributed by atoms with van der Waals surface area (Å²) in [6, 6.07) is 30.3. The third-order valence-corrected chi connectivity index (χ3v) is 5.59. The van der Waals surface area contributed by atoms with Crippen LogP contribution in [0.5, 0.6) is 0 Å². The molecule has 0 aliphatic carbocycles. The first kappa shape index (κ1) is 20.8. The van der Waals surface area contributed by atoms with Crippen molar-refractivity contribution in [2.24, 2.45) is 0 Å². The molecular formula is C27H25N5O. The van der Waals surface area contributed by atoms with E-state index in [1.807, 2.05) is 67.6 Å². The smallest absolute Gasteiger partial charge is 0.274 e. The normalized spacial score (nSPS) is 11.3. The minimum absolute atomic E-state index is 0.166. The van der Waals surface area contributed by atoms with Gasteiger partial charge in [0, 0.05) is 31.3 Å². The van der Waals surface area contributed by atoms with E-state index in [-0.39, 0.29) is 5.56 Å². The molecule has 33 heavy (non-hydrogen) atoms. The minimum atomic E-state index is -0.166.